The zero-order valence-corrected chi connectivity index (χ0v) is 10.7. The lowest BCUT2D eigenvalue weighted by molar-refractivity contribution is 0.970. The van der Waals surface area contributed by atoms with Gasteiger partial charge < -0.3 is 0 Å². The van der Waals surface area contributed by atoms with Gasteiger partial charge in [-0.1, -0.05) is 66.4 Å². The Bertz CT molecular complexity index is 658. The molecule has 0 amide bonds. The molecule has 0 saturated carbocycles. The molecule has 1 atom stereocenters. The third-order valence-electron chi connectivity index (χ3n) is 3.62. The Hall–Kier alpha value is -1.73. The van der Waals surface area contributed by atoms with Crippen LogP contribution in [0.2, 0.25) is 0 Å². The van der Waals surface area contributed by atoms with Gasteiger partial charge in [-0.15, -0.1) is 0 Å². The summed E-state index contributed by atoms with van der Waals surface area (Å²) in [5, 5.41) is 2.16. The second-order valence-electron chi connectivity index (χ2n) is 4.66. The summed E-state index contributed by atoms with van der Waals surface area (Å²) in [6, 6.07) is 0. The molecule has 0 fully saturated rings. The topological polar surface area (TPSA) is 0 Å². The maximum absolute atomic E-state index is 2.35. The molecule has 0 aromatic carbocycles. The fraction of sp³-hybridized carbons (Fsp3) is 0.0588. The maximum atomic E-state index is 2.35. The van der Waals surface area contributed by atoms with E-state index in [2.05, 4.69) is 66.2 Å². The van der Waals surface area contributed by atoms with Gasteiger partial charge in [-0.05, 0) is 33.8 Å². The first kappa shape index (κ1) is 10.2. The molecule has 0 bridgehead atoms. The van der Waals surface area contributed by atoms with Crippen LogP contribution in [0.1, 0.15) is 0 Å². The van der Waals surface area contributed by atoms with Gasteiger partial charge in [0.1, 0.15) is 0 Å². The second-order valence-corrected chi connectivity index (χ2v) is 5.57. The van der Waals surface area contributed by atoms with E-state index in [4.69, 9.17) is 0 Å². The molecular formula is C17H12S. The first-order valence-electron chi connectivity index (χ1n) is 6.17. The van der Waals surface area contributed by atoms with Gasteiger partial charge >= 0.3 is 0 Å². The molecule has 0 radical (unpaired) electrons. The smallest absolute Gasteiger partial charge is 0.0279 e. The van der Waals surface area contributed by atoms with Gasteiger partial charge in [-0.25, -0.2) is 0 Å². The molecule has 1 aliphatic heterocycles. The van der Waals surface area contributed by atoms with E-state index in [0.717, 1.165) is 0 Å². The predicted octanol–water partition coefficient (Wildman–Crippen LogP) is 4.61. The van der Waals surface area contributed by atoms with Crippen molar-refractivity contribution >= 4 is 11.8 Å². The minimum absolute atomic E-state index is 0.452. The highest BCUT2D eigenvalue weighted by Crippen LogP contribution is 2.46. The van der Waals surface area contributed by atoms with Crippen LogP contribution in [0.4, 0.5) is 0 Å². The average Bonchev–Trinajstić information content (AvgIpc) is 2.69. The van der Waals surface area contributed by atoms with Crippen molar-refractivity contribution in [2.24, 2.45) is 5.92 Å². The van der Waals surface area contributed by atoms with Gasteiger partial charge in [-0.2, -0.15) is 0 Å². The van der Waals surface area contributed by atoms with E-state index in [9.17, 15) is 0 Å². The second kappa shape index (κ2) is 3.89. The summed E-state index contributed by atoms with van der Waals surface area (Å²) in [7, 11) is 0. The maximum Gasteiger partial charge on any atom is 0.0279 e. The molecule has 0 saturated heterocycles. The molecule has 0 aromatic heterocycles. The number of rotatable bonds is 0. The highest BCUT2D eigenvalue weighted by atomic mass is 32.2. The zero-order chi connectivity index (χ0) is 11.9. The summed E-state index contributed by atoms with van der Waals surface area (Å²) in [4.78, 5) is 1.39. The minimum atomic E-state index is 0.452. The monoisotopic (exact) mass is 248 g/mol. The summed E-state index contributed by atoms with van der Waals surface area (Å²) < 4.78 is 0. The molecule has 1 heteroatoms. The van der Waals surface area contributed by atoms with Gasteiger partial charge in [0.05, 0.1) is 0 Å². The average molecular weight is 248 g/mol. The van der Waals surface area contributed by atoms with Crippen LogP contribution in [0.15, 0.2) is 93.4 Å². The van der Waals surface area contributed by atoms with Gasteiger partial charge in [0.15, 0.2) is 0 Å². The van der Waals surface area contributed by atoms with Gasteiger partial charge in [0, 0.05) is 10.8 Å². The van der Waals surface area contributed by atoms with Crippen molar-refractivity contribution in [2.45, 2.75) is 0 Å². The Morgan fingerprint density at radius 2 is 1.94 bits per heavy atom. The predicted molar refractivity (Wildman–Crippen MR) is 78.9 cm³/mol. The lowest BCUT2D eigenvalue weighted by Gasteiger charge is -2.15. The van der Waals surface area contributed by atoms with E-state index in [-0.39, 0.29) is 0 Å². The van der Waals surface area contributed by atoms with Crippen LogP contribution in [-0.4, -0.2) is 0 Å². The Morgan fingerprint density at radius 3 is 2.94 bits per heavy atom. The standard InChI is InChI=1S/C17H12S/c1-2-8-14-13(5-1)11-16-15(14)9-3-6-12-7-4-10-18-17(12)16/h1-11,14H. The summed E-state index contributed by atoms with van der Waals surface area (Å²) >= 11 is 1.83. The molecule has 0 aromatic rings. The zero-order valence-electron chi connectivity index (χ0n) is 9.84. The highest BCUT2D eigenvalue weighted by Gasteiger charge is 2.28. The summed E-state index contributed by atoms with van der Waals surface area (Å²) in [5.74, 6) is 0.452. The molecule has 3 aliphatic carbocycles. The van der Waals surface area contributed by atoms with Crippen molar-refractivity contribution in [1.29, 1.82) is 0 Å². The van der Waals surface area contributed by atoms with Crippen LogP contribution >= 0.6 is 11.8 Å². The molecule has 0 spiro atoms. The molecular weight excluding hydrogens is 236 g/mol. The molecule has 4 aliphatic rings. The van der Waals surface area contributed by atoms with E-state index in [1.165, 1.54) is 27.2 Å². The van der Waals surface area contributed by atoms with Crippen LogP contribution in [0, 0.1) is 5.92 Å². The van der Waals surface area contributed by atoms with E-state index < -0.39 is 0 Å². The van der Waals surface area contributed by atoms with E-state index in [1.54, 1.807) is 0 Å². The van der Waals surface area contributed by atoms with Crippen LogP contribution in [0.5, 0.6) is 0 Å². The van der Waals surface area contributed by atoms with Crippen molar-refractivity contribution in [1.82, 2.24) is 0 Å². The molecule has 0 N–H and O–H groups in total. The summed E-state index contributed by atoms with van der Waals surface area (Å²) in [5.41, 5.74) is 5.57. The van der Waals surface area contributed by atoms with E-state index >= 15 is 0 Å². The SMILES string of the molecule is C1=CSC2=C3C=C4C=CC=CC4C3=CC=CC2=C1. The van der Waals surface area contributed by atoms with Crippen molar-refractivity contribution in [3.8, 4) is 0 Å². The minimum Gasteiger partial charge on any atom is -0.0968 e. The largest absolute Gasteiger partial charge is 0.0968 e. The van der Waals surface area contributed by atoms with E-state index in [1.807, 2.05) is 11.8 Å². The van der Waals surface area contributed by atoms with Gasteiger partial charge in [0.2, 0.25) is 0 Å². The fourth-order valence-corrected chi connectivity index (χ4v) is 3.65. The van der Waals surface area contributed by atoms with Crippen molar-refractivity contribution in [2.75, 3.05) is 0 Å². The van der Waals surface area contributed by atoms with Gasteiger partial charge in [-0.3, -0.25) is 0 Å². The molecule has 18 heavy (non-hydrogen) atoms. The Morgan fingerprint density at radius 1 is 0.944 bits per heavy atom. The Balaban J connectivity index is 1.95. The lowest BCUT2D eigenvalue weighted by atomic mass is 9.92. The van der Waals surface area contributed by atoms with Crippen molar-refractivity contribution < 1.29 is 0 Å². The number of thioether (sulfide) groups is 1. The normalized spacial score (nSPS) is 27.1. The van der Waals surface area contributed by atoms with Crippen molar-refractivity contribution in [3.63, 3.8) is 0 Å². The number of hydrogen-bond acceptors (Lipinski definition) is 1. The van der Waals surface area contributed by atoms with E-state index in [0.29, 0.717) is 5.92 Å². The lowest BCUT2D eigenvalue weighted by Crippen LogP contribution is -2.00. The first-order chi connectivity index (χ1) is 8.93. The quantitative estimate of drug-likeness (QED) is 0.603. The molecule has 1 heterocycles. The summed E-state index contributed by atoms with van der Waals surface area (Å²) in [6.45, 7) is 0. The third-order valence-corrected chi connectivity index (χ3v) is 4.60. The molecule has 86 valence electrons. The molecule has 4 rings (SSSR count). The summed E-state index contributed by atoms with van der Waals surface area (Å²) in [6.07, 6.45) is 22.1. The third kappa shape index (κ3) is 1.41. The Kier molecular flexibility index (Phi) is 2.21. The number of allylic oxidation sites excluding steroid dienone is 14. The molecule has 1 unspecified atom stereocenters. The Labute approximate surface area is 111 Å². The van der Waals surface area contributed by atoms with Crippen molar-refractivity contribution in [3.05, 3.63) is 93.4 Å². The molecule has 0 nitrogen and oxygen atoms in total. The first-order valence-corrected chi connectivity index (χ1v) is 7.05. The fourth-order valence-electron chi connectivity index (χ4n) is 2.79. The highest BCUT2D eigenvalue weighted by molar-refractivity contribution is 8.06. The van der Waals surface area contributed by atoms with Crippen LogP contribution in [0.25, 0.3) is 0 Å². The number of hydrogen-bond donors (Lipinski definition) is 0. The van der Waals surface area contributed by atoms with Crippen LogP contribution in [0.3, 0.4) is 0 Å². The number of fused-ring (bicyclic) bond motifs is 4. The van der Waals surface area contributed by atoms with Crippen LogP contribution < -0.4 is 0 Å². The van der Waals surface area contributed by atoms with Gasteiger partial charge in [0.25, 0.3) is 0 Å². The van der Waals surface area contributed by atoms with Crippen LogP contribution in [-0.2, 0) is 0 Å².